The van der Waals surface area contributed by atoms with E-state index in [4.69, 9.17) is 9.26 Å². The standard InChI is InChI=1S/C19H18N2O3/c1-23-17-8-4-2-6-12(17)14-10-15(14)20-19(22)11-16-13-7-3-5-9-18(13)24-21-16/h2-9,14-15H,10-11H2,1H3,(H,20,22)/t14-,15+/m1/s1. The van der Waals surface area contributed by atoms with Gasteiger partial charge >= 0.3 is 0 Å². The molecular weight excluding hydrogens is 304 g/mol. The molecular formula is C19H18N2O3. The smallest absolute Gasteiger partial charge is 0.226 e. The Bertz CT molecular complexity index is 887. The zero-order chi connectivity index (χ0) is 16.5. The lowest BCUT2D eigenvalue weighted by Gasteiger charge is -2.08. The van der Waals surface area contributed by atoms with Crippen LogP contribution in [0, 0.1) is 0 Å². The van der Waals surface area contributed by atoms with Gasteiger partial charge in [0.15, 0.2) is 5.58 Å². The molecule has 1 aliphatic carbocycles. The zero-order valence-electron chi connectivity index (χ0n) is 13.4. The van der Waals surface area contributed by atoms with E-state index in [9.17, 15) is 4.79 Å². The van der Waals surface area contributed by atoms with Gasteiger partial charge in [-0.2, -0.15) is 0 Å². The van der Waals surface area contributed by atoms with E-state index in [1.54, 1.807) is 7.11 Å². The molecule has 122 valence electrons. The van der Waals surface area contributed by atoms with Gasteiger partial charge in [0, 0.05) is 17.3 Å². The van der Waals surface area contributed by atoms with Crippen molar-refractivity contribution in [3.05, 3.63) is 59.8 Å². The molecule has 1 fully saturated rings. The van der Waals surface area contributed by atoms with E-state index in [1.165, 1.54) is 0 Å². The highest BCUT2D eigenvalue weighted by molar-refractivity contribution is 5.86. The van der Waals surface area contributed by atoms with Gasteiger partial charge in [0.2, 0.25) is 5.91 Å². The third-order valence-corrected chi connectivity index (χ3v) is 4.46. The number of rotatable bonds is 5. The molecule has 0 aliphatic heterocycles. The highest BCUT2D eigenvalue weighted by Gasteiger charge is 2.41. The molecule has 4 rings (SSSR count). The minimum atomic E-state index is -0.0311. The van der Waals surface area contributed by atoms with Crippen molar-refractivity contribution in [2.45, 2.75) is 24.8 Å². The van der Waals surface area contributed by atoms with E-state index in [1.807, 2.05) is 42.5 Å². The van der Waals surface area contributed by atoms with Crippen LogP contribution in [-0.4, -0.2) is 24.2 Å². The van der Waals surface area contributed by atoms with Crippen molar-refractivity contribution in [3.8, 4) is 5.75 Å². The summed E-state index contributed by atoms with van der Waals surface area (Å²) in [5, 5.41) is 7.99. The second-order valence-corrected chi connectivity index (χ2v) is 6.06. The first-order valence-corrected chi connectivity index (χ1v) is 8.02. The molecule has 0 radical (unpaired) electrons. The summed E-state index contributed by atoms with van der Waals surface area (Å²) in [4.78, 5) is 12.3. The van der Waals surface area contributed by atoms with Crippen molar-refractivity contribution in [1.29, 1.82) is 0 Å². The van der Waals surface area contributed by atoms with Crippen LogP contribution < -0.4 is 10.1 Å². The Hall–Kier alpha value is -2.82. The molecule has 1 amide bonds. The van der Waals surface area contributed by atoms with E-state index in [2.05, 4.69) is 16.5 Å². The van der Waals surface area contributed by atoms with Gasteiger partial charge in [-0.15, -0.1) is 0 Å². The number of fused-ring (bicyclic) bond motifs is 1. The Morgan fingerprint density at radius 1 is 1.25 bits per heavy atom. The molecule has 0 saturated heterocycles. The van der Waals surface area contributed by atoms with Crippen LogP contribution in [0.3, 0.4) is 0 Å². The predicted octanol–water partition coefficient (Wildman–Crippen LogP) is 3.05. The lowest BCUT2D eigenvalue weighted by Crippen LogP contribution is -2.28. The summed E-state index contributed by atoms with van der Waals surface area (Å²) in [6.07, 6.45) is 1.16. The minimum Gasteiger partial charge on any atom is -0.496 e. The van der Waals surface area contributed by atoms with Crippen LogP contribution in [0.4, 0.5) is 0 Å². The maximum absolute atomic E-state index is 12.3. The maximum Gasteiger partial charge on any atom is 0.226 e. The van der Waals surface area contributed by atoms with Crippen LogP contribution in [-0.2, 0) is 11.2 Å². The van der Waals surface area contributed by atoms with Gasteiger partial charge in [0.1, 0.15) is 11.4 Å². The highest BCUT2D eigenvalue weighted by Crippen LogP contribution is 2.44. The van der Waals surface area contributed by atoms with Gasteiger partial charge in [-0.25, -0.2) is 0 Å². The number of carbonyl (C=O) groups is 1. The van der Waals surface area contributed by atoms with Crippen LogP contribution in [0.25, 0.3) is 11.0 Å². The molecule has 0 spiro atoms. The van der Waals surface area contributed by atoms with Gasteiger partial charge in [0.05, 0.1) is 13.5 Å². The summed E-state index contributed by atoms with van der Waals surface area (Å²) in [5.41, 5.74) is 2.54. The SMILES string of the molecule is COc1ccccc1[C@H]1C[C@@H]1NC(=O)Cc1noc2ccccc12. The molecule has 1 N–H and O–H groups in total. The predicted molar refractivity (Wildman–Crippen MR) is 90.0 cm³/mol. The maximum atomic E-state index is 12.3. The highest BCUT2D eigenvalue weighted by atomic mass is 16.5. The quantitative estimate of drug-likeness (QED) is 0.784. The van der Waals surface area contributed by atoms with E-state index >= 15 is 0 Å². The number of ether oxygens (including phenoxy) is 1. The van der Waals surface area contributed by atoms with Gasteiger partial charge in [-0.1, -0.05) is 35.5 Å². The number of aromatic nitrogens is 1. The minimum absolute atomic E-state index is 0.0311. The first-order chi connectivity index (χ1) is 11.8. The van der Waals surface area contributed by atoms with Crippen molar-refractivity contribution in [2.24, 2.45) is 0 Å². The normalized spacial score (nSPS) is 19.2. The number of amides is 1. The van der Waals surface area contributed by atoms with Crippen LogP contribution >= 0.6 is 0 Å². The summed E-state index contributed by atoms with van der Waals surface area (Å²) in [6.45, 7) is 0. The van der Waals surface area contributed by atoms with Crippen molar-refractivity contribution < 1.29 is 14.1 Å². The van der Waals surface area contributed by atoms with Crippen LogP contribution in [0.1, 0.15) is 23.6 Å². The number of nitrogens with zero attached hydrogens (tertiary/aromatic N) is 1. The lowest BCUT2D eigenvalue weighted by molar-refractivity contribution is -0.120. The molecule has 1 heterocycles. The second-order valence-electron chi connectivity index (χ2n) is 6.06. The Morgan fingerprint density at radius 2 is 2.04 bits per heavy atom. The molecule has 5 heteroatoms. The molecule has 2 atom stereocenters. The van der Waals surface area contributed by atoms with Gasteiger partial charge in [0.25, 0.3) is 0 Å². The molecule has 3 aromatic rings. The largest absolute Gasteiger partial charge is 0.496 e. The monoisotopic (exact) mass is 322 g/mol. The third kappa shape index (κ3) is 2.73. The Morgan fingerprint density at radius 3 is 2.92 bits per heavy atom. The summed E-state index contributed by atoms with van der Waals surface area (Å²) in [6, 6.07) is 15.7. The van der Waals surface area contributed by atoms with Crippen molar-refractivity contribution >= 4 is 16.9 Å². The number of hydrogen-bond acceptors (Lipinski definition) is 4. The number of benzene rings is 2. The number of nitrogens with one attached hydrogen (secondary N) is 1. The Balaban J connectivity index is 1.41. The topological polar surface area (TPSA) is 64.4 Å². The molecule has 2 aromatic carbocycles. The summed E-state index contributed by atoms with van der Waals surface area (Å²) in [5.74, 6) is 1.16. The third-order valence-electron chi connectivity index (χ3n) is 4.46. The molecule has 0 unspecified atom stereocenters. The molecule has 24 heavy (non-hydrogen) atoms. The van der Waals surface area contributed by atoms with E-state index < -0.39 is 0 Å². The average Bonchev–Trinajstić information content (AvgIpc) is 3.26. The molecule has 0 bridgehead atoms. The van der Waals surface area contributed by atoms with Crippen LogP contribution in [0.5, 0.6) is 5.75 Å². The number of carbonyl (C=O) groups excluding carboxylic acids is 1. The number of hydrogen-bond donors (Lipinski definition) is 1. The summed E-state index contributed by atoms with van der Waals surface area (Å²) in [7, 11) is 1.67. The van der Waals surface area contributed by atoms with Gasteiger partial charge in [-0.3, -0.25) is 4.79 Å². The van der Waals surface area contributed by atoms with Gasteiger partial charge < -0.3 is 14.6 Å². The molecule has 5 nitrogen and oxygen atoms in total. The fourth-order valence-electron chi connectivity index (χ4n) is 3.15. The van der Waals surface area contributed by atoms with E-state index in [0.29, 0.717) is 17.2 Å². The summed E-state index contributed by atoms with van der Waals surface area (Å²) < 4.78 is 10.6. The number of para-hydroxylation sites is 2. The Kier molecular flexibility index (Phi) is 3.69. The lowest BCUT2D eigenvalue weighted by atomic mass is 10.1. The molecule has 1 aliphatic rings. The second kappa shape index (κ2) is 6.00. The number of methoxy groups -OCH3 is 1. The van der Waals surface area contributed by atoms with E-state index in [0.717, 1.165) is 23.1 Å². The fourth-order valence-corrected chi connectivity index (χ4v) is 3.15. The van der Waals surface area contributed by atoms with Crippen molar-refractivity contribution in [3.63, 3.8) is 0 Å². The summed E-state index contributed by atoms with van der Waals surface area (Å²) >= 11 is 0. The molecule has 1 aromatic heterocycles. The Labute approximate surface area is 139 Å². The van der Waals surface area contributed by atoms with E-state index in [-0.39, 0.29) is 18.4 Å². The van der Waals surface area contributed by atoms with Crippen LogP contribution in [0.2, 0.25) is 0 Å². The fraction of sp³-hybridized carbons (Fsp3) is 0.263. The van der Waals surface area contributed by atoms with Crippen molar-refractivity contribution in [2.75, 3.05) is 7.11 Å². The van der Waals surface area contributed by atoms with Crippen molar-refractivity contribution in [1.82, 2.24) is 10.5 Å². The molecule has 1 saturated carbocycles. The van der Waals surface area contributed by atoms with Gasteiger partial charge in [-0.05, 0) is 30.2 Å². The average molecular weight is 322 g/mol. The zero-order valence-corrected chi connectivity index (χ0v) is 13.4. The first kappa shape index (κ1) is 14.8. The first-order valence-electron chi connectivity index (χ1n) is 8.02. The van der Waals surface area contributed by atoms with Crippen LogP contribution in [0.15, 0.2) is 53.1 Å².